The lowest BCUT2D eigenvalue weighted by molar-refractivity contribution is -0.146. The van der Waals surface area contributed by atoms with Gasteiger partial charge in [-0.1, -0.05) is 12.6 Å². The second-order valence-electron chi connectivity index (χ2n) is 9.42. The summed E-state index contributed by atoms with van der Waals surface area (Å²) in [7, 11) is 3.31. The van der Waals surface area contributed by atoms with E-state index in [0.717, 1.165) is 22.5 Å². The molecule has 1 saturated heterocycles. The van der Waals surface area contributed by atoms with Crippen molar-refractivity contribution in [3.63, 3.8) is 0 Å². The largest absolute Gasteiger partial charge is 0.494 e. The summed E-state index contributed by atoms with van der Waals surface area (Å²) in [6.07, 6.45) is 0.0852. The van der Waals surface area contributed by atoms with E-state index in [1.54, 1.807) is 23.0 Å². The number of ether oxygens (including phenoxy) is 1. The zero-order chi connectivity index (χ0) is 29.7. The zero-order valence-electron chi connectivity index (χ0n) is 22.7. The summed E-state index contributed by atoms with van der Waals surface area (Å²) in [5.41, 5.74) is 6.12. The maximum atomic E-state index is 12.8. The molecule has 1 fully saturated rings. The van der Waals surface area contributed by atoms with Crippen LogP contribution in [0, 0.1) is 5.41 Å². The molecule has 2 aromatic carbocycles. The van der Waals surface area contributed by atoms with E-state index < -0.39 is 18.6 Å². The van der Waals surface area contributed by atoms with Gasteiger partial charge < -0.3 is 25.7 Å². The Labute approximate surface area is 234 Å². The van der Waals surface area contributed by atoms with Gasteiger partial charge in [0.25, 0.3) is 0 Å². The fourth-order valence-electron chi connectivity index (χ4n) is 4.65. The van der Waals surface area contributed by atoms with E-state index in [1.807, 2.05) is 30.1 Å². The van der Waals surface area contributed by atoms with Crippen LogP contribution >= 0.6 is 0 Å². The number of hydrogen-bond acceptors (Lipinski definition) is 8. The van der Waals surface area contributed by atoms with Crippen molar-refractivity contribution in [3.8, 4) is 5.75 Å². The maximum Gasteiger partial charge on any atom is 0.401 e. The number of benzene rings is 2. The Morgan fingerprint density at radius 2 is 1.90 bits per heavy atom. The van der Waals surface area contributed by atoms with E-state index in [4.69, 9.17) is 16.0 Å². The number of halogens is 3. The second-order valence-corrected chi connectivity index (χ2v) is 9.42. The predicted molar refractivity (Wildman–Crippen MR) is 154 cm³/mol. The van der Waals surface area contributed by atoms with Gasteiger partial charge in [0, 0.05) is 50.8 Å². The van der Waals surface area contributed by atoms with Crippen LogP contribution in [0.3, 0.4) is 0 Å². The van der Waals surface area contributed by atoms with Gasteiger partial charge in [0.05, 0.1) is 48.1 Å². The third-order valence-corrected chi connectivity index (χ3v) is 6.65. The quantitative estimate of drug-likeness (QED) is 0.0868. The number of fused-ring (bicyclic) bond motifs is 1. The first-order chi connectivity index (χ1) is 19.5. The molecule has 6 N–H and O–H groups in total. The number of aromatic nitrogens is 2. The third-order valence-electron chi connectivity index (χ3n) is 6.65. The normalized spacial score (nSPS) is 14.6. The lowest BCUT2D eigenvalue weighted by atomic mass is 10.1. The number of piperazine rings is 1. The van der Waals surface area contributed by atoms with Crippen LogP contribution in [0.25, 0.3) is 16.6 Å². The van der Waals surface area contributed by atoms with Crippen molar-refractivity contribution >= 4 is 45.4 Å². The van der Waals surface area contributed by atoms with E-state index in [-0.39, 0.29) is 18.9 Å². The number of nitrogens with two attached hydrogens (primary N) is 1. The molecule has 41 heavy (non-hydrogen) atoms. The molecule has 1 amide bonds. The Balaban J connectivity index is 1.59. The molecule has 0 radical (unpaired) electrons. The number of hydrogen-bond donors (Lipinski definition) is 5. The van der Waals surface area contributed by atoms with Crippen molar-refractivity contribution in [2.75, 3.05) is 55.4 Å². The molecule has 0 spiro atoms. The molecule has 2 heterocycles. The van der Waals surface area contributed by atoms with Crippen LogP contribution in [-0.4, -0.2) is 72.4 Å². The minimum absolute atomic E-state index is 0.0305. The Bertz CT molecular complexity index is 1470. The molecule has 0 saturated carbocycles. The first-order valence-corrected chi connectivity index (χ1v) is 12.7. The summed E-state index contributed by atoms with van der Waals surface area (Å²) in [4.78, 5) is 15.5. The molecule has 11 nitrogen and oxygen atoms in total. The van der Waals surface area contributed by atoms with E-state index in [1.165, 1.54) is 18.1 Å². The molecule has 14 heteroatoms. The van der Waals surface area contributed by atoms with Gasteiger partial charge in [0.2, 0.25) is 5.91 Å². The monoisotopic (exact) mass is 571 g/mol. The van der Waals surface area contributed by atoms with Gasteiger partial charge in [0.1, 0.15) is 11.6 Å². The SMILES string of the molecule is C=CC(=O)Nc1cc(NC(=N)/C=C(\NN)c2ccc3c(cnn3C)c2)c(OC)cc1N1CCN(CC(F)(F)F)CC1. The molecule has 0 atom stereocenters. The zero-order valence-corrected chi connectivity index (χ0v) is 22.7. The van der Waals surface area contributed by atoms with Crippen LogP contribution < -0.4 is 31.5 Å². The van der Waals surface area contributed by atoms with E-state index in [9.17, 15) is 18.0 Å². The topological polar surface area (TPSA) is 137 Å². The standard InChI is InChI=1S/C27H32F3N9O2/c1-4-26(40)35-20-12-21(24(41-3)14-23(20)39-9-7-38(8-10-39)16-27(28,29)30)34-25(31)13-19(36-32)17-5-6-22-18(11-17)15-33-37(22)2/h4-6,11-15,36H,1,7-10,16,32H2,2-3H3,(H2,31,34)(H,35,40)/b19-13-. The van der Waals surface area contributed by atoms with E-state index in [0.29, 0.717) is 41.6 Å². The summed E-state index contributed by atoms with van der Waals surface area (Å²) in [5.74, 6) is 5.65. The van der Waals surface area contributed by atoms with Gasteiger partial charge in [-0.3, -0.25) is 25.6 Å². The highest BCUT2D eigenvalue weighted by Gasteiger charge is 2.32. The highest BCUT2D eigenvalue weighted by atomic mass is 19.4. The van der Waals surface area contributed by atoms with Gasteiger partial charge in [0.15, 0.2) is 0 Å². The van der Waals surface area contributed by atoms with Crippen molar-refractivity contribution in [1.82, 2.24) is 20.1 Å². The summed E-state index contributed by atoms with van der Waals surface area (Å²) in [6.45, 7) is 3.55. The van der Waals surface area contributed by atoms with E-state index in [2.05, 4.69) is 27.7 Å². The van der Waals surface area contributed by atoms with Crippen LogP contribution in [-0.2, 0) is 11.8 Å². The lowest BCUT2D eigenvalue weighted by Gasteiger charge is -2.37. The van der Waals surface area contributed by atoms with Gasteiger partial charge in [-0.15, -0.1) is 0 Å². The maximum absolute atomic E-state index is 12.8. The molecule has 4 rings (SSSR count). The highest BCUT2D eigenvalue weighted by molar-refractivity contribution is 6.08. The van der Waals surface area contributed by atoms with Gasteiger partial charge in [-0.25, -0.2) is 0 Å². The Morgan fingerprint density at radius 1 is 1.17 bits per heavy atom. The van der Waals surface area contributed by atoms with Gasteiger partial charge in [-0.2, -0.15) is 18.3 Å². The highest BCUT2D eigenvalue weighted by Crippen LogP contribution is 2.38. The molecule has 3 aromatic rings. The first-order valence-electron chi connectivity index (χ1n) is 12.7. The van der Waals surface area contributed by atoms with Crippen LogP contribution in [0.4, 0.5) is 30.2 Å². The number of rotatable bonds is 9. The fourth-order valence-corrected chi connectivity index (χ4v) is 4.65. The first kappa shape index (κ1) is 29.4. The lowest BCUT2D eigenvalue weighted by Crippen LogP contribution is -2.49. The number of carbonyl (C=O) groups is 1. The van der Waals surface area contributed by atoms with Crippen LogP contribution in [0.1, 0.15) is 5.56 Å². The summed E-state index contributed by atoms with van der Waals surface area (Å²) in [5, 5.41) is 19.4. The number of nitrogens with one attached hydrogen (secondary N) is 4. The number of amidine groups is 1. The smallest absolute Gasteiger partial charge is 0.401 e. The number of alkyl halides is 3. The average Bonchev–Trinajstić information content (AvgIpc) is 3.31. The number of amides is 1. The van der Waals surface area contributed by atoms with Crippen molar-refractivity contribution in [3.05, 3.63) is 60.8 Å². The van der Waals surface area contributed by atoms with Crippen molar-refractivity contribution in [2.24, 2.45) is 12.9 Å². The molecular formula is C27H32F3N9O2. The predicted octanol–water partition coefficient (Wildman–Crippen LogP) is 3.28. The van der Waals surface area contributed by atoms with E-state index >= 15 is 0 Å². The molecule has 218 valence electrons. The van der Waals surface area contributed by atoms with Crippen molar-refractivity contribution in [2.45, 2.75) is 6.18 Å². The molecule has 0 aliphatic carbocycles. The molecule has 1 aliphatic heterocycles. The van der Waals surface area contributed by atoms with Crippen LogP contribution in [0.5, 0.6) is 5.75 Å². The number of anilines is 3. The van der Waals surface area contributed by atoms with Crippen molar-refractivity contribution < 1.29 is 22.7 Å². The Hall–Kier alpha value is -4.56. The summed E-state index contributed by atoms with van der Waals surface area (Å²) in [6, 6.07) is 8.94. The molecule has 1 aromatic heterocycles. The third kappa shape index (κ3) is 7.15. The van der Waals surface area contributed by atoms with Crippen LogP contribution in [0.2, 0.25) is 0 Å². The minimum Gasteiger partial charge on any atom is -0.494 e. The average molecular weight is 572 g/mol. The molecule has 0 bridgehead atoms. The molecule has 1 aliphatic rings. The second kappa shape index (κ2) is 12.3. The number of nitrogens with zero attached hydrogens (tertiary/aromatic N) is 4. The fraction of sp³-hybridized carbons (Fsp3) is 0.296. The van der Waals surface area contributed by atoms with Gasteiger partial charge >= 0.3 is 6.18 Å². The van der Waals surface area contributed by atoms with Crippen LogP contribution in [0.15, 0.2) is 55.3 Å². The summed E-state index contributed by atoms with van der Waals surface area (Å²) < 4.78 is 45.9. The number of hydrazine groups is 1. The number of aryl methyl sites for hydroxylation is 1. The minimum atomic E-state index is -4.27. The number of carbonyl (C=O) groups excluding carboxylic acids is 1. The van der Waals surface area contributed by atoms with Crippen molar-refractivity contribution in [1.29, 1.82) is 5.41 Å². The Morgan fingerprint density at radius 3 is 2.54 bits per heavy atom. The number of methoxy groups -OCH3 is 1. The van der Waals surface area contributed by atoms with Gasteiger partial charge in [-0.05, 0) is 29.8 Å². The molecule has 0 unspecified atom stereocenters. The molecular weight excluding hydrogens is 539 g/mol. The summed E-state index contributed by atoms with van der Waals surface area (Å²) >= 11 is 0. The Kier molecular flexibility index (Phi) is 8.83.